The van der Waals surface area contributed by atoms with Gasteiger partial charge in [-0.1, -0.05) is 31.9 Å². The molecule has 0 atom stereocenters. The molecule has 0 unspecified atom stereocenters. The lowest BCUT2D eigenvalue weighted by atomic mass is 10.0. The van der Waals surface area contributed by atoms with Gasteiger partial charge in [-0.2, -0.15) is 5.26 Å². The number of unbranched alkanes of at least 4 members (excludes halogenated alkanes) is 2. The van der Waals surface area contributed by atoms with Gasteiger partial charge in [-0.25, -0.2) is 0 Å². The number of aromatic nitrogens is 1. The minimum atomic E-state index is -0.0328. The van der Waals surface area contributed by atoms with Gasteiger partial charge in [0.2, 0.25) is 0 Å². The Labute approximate surface area is 189 Å². The number of rotatable bonds is 7. The largest absolute Gasteiger partial charge is 0.490 e. The molecule has 1 aromatic heterocycles. The van der Waals surface area contributed by atoms with E-state index in [-0.39, 0.29) is 11.7 Å². The van der Waals surface area contributed by atoms with Gasteiger partial charge in [0.05, 0.1) is 22.8 Å². The standard InChI is InChI=1S/C27H31N3O2/c1-3-4-5-6-20-7-10-22(11-8-20)32-23-13-15-30(16-14-23)26-18-27(31)29(2)25-12-9-21(19-28)17-24(25)26/h7-12,17-18,23H,3-6,13-16H2,1-2H3. The fraction of sp³-hybridized carbons (Fsp3) is 0.407. The third kappa shape index (κ3) is 4.80. The quantitative estimate of drug-likeness (QED) is 0.485. The zero-order chi connectivity index (χ0) is 22.5. The summed E-state index contributed by atoms with van der Waals surface area (Å²) in [5, 5.41) is 10.3. The second-order valence-electron chi connectivity index (χ2n) is 8.68. The van der Waals surface area contributed by atoms with E-state index in [1.807, 2.05) is 12.1 Å². The van der Waals surface area contributed by atoms with Gasteiger partial charge in [0.25, 0.3) is 5.56 Å². The number of nitriles is 1. The monoisotopic (exact) mass is 429 g/mol. The van der Waals surface area contributed by atoms with Crippen LogP contribution < -0.4 is 15.2 Å². The zero-order valence-electron chi connectivity index (χ0n) is 19.0. The van der Waals surface area contributed by atoms with Gasteiger partial charge in [0, 0.05) is 44.4 Å². The van der Waals surface area contributed by atoms with Crippen molar-refractivity contribution < 1.29 is 4.74 Å². The Morgan fingerprint density at radius 3 is 2.50 bits per heavy atom. The summed E-state index contributed by atoms with van der Waals surface area (Å²) < 4.78 is 7.89. The number of pyridine rings is 1. The van der Waals surface area contributed by atoms with E-state index in [2.05, 4.69) is 42.2 Å². The van der Waals surface area contributed by atoms with Gasteiger partial charge in [0.15, 0.2) is 0 Å². The Morgan fingerprint density at radius 2 is 1.81 bits per heavy atom. The van der Waals surface area contributed by atoms with Gasteiger partial charge in [0.1, 0.15) is 11.9 Å². The minimum Gasteiger partial charge on any atom is -0.490 e. The van der Waals surface area contributed by atoms with Crippen LogP contribution in [-0.2, 0) is 13.5 Å². The Morgan fingerprint density at radius 1 is 1.06 bits per heavy atom. The number of ether oxygens (including phenoxy) is 1. The molecule has 3 aromatic rings. The number of piperidine rings is 1. The van der Waals surface area contributed by atoms with Crippen LogP contribution in [0.4, 0.5) is 5.69 Å². The SMILES string of the molecule is CCCCCc1ccc(OC2CCN(c3cc(=O)n(C)c4ccc(C#N)cc34)CC2)cc1. The molecule has 166 valence electrons. The molecule has 4 rings (SSSR count). The number of hydrogen-bond donors (Lipinski definition) is 0. The van der Waals surface area contributed by atoms with Gasteiger partial charge in [-0.05, 0) is 48.7 Å². The van der Waals surface area contributed by atoms with Crippen molar-refractivity contribution in [3.05, 3.63) is 70.0 Å². The van der Waals surface area contributed by atoms with Crippen LogP contribution >= 0.6 is 0 Å². The van der Waals surface area contributed by atoms with Crippen LogP contribution in [0.3, 0.4) is 0 Å². The van der Waals surface area contributed by atoms with Crippen molar-refractivity contribution in [3.8, 4) is 11.8 Å². The van der Waals surface area contributed by atoms with E-state index in [4.69, 9.17) is 4.74 Å². The highest BCUT2D eigenvalue weighted by molar-refractivity contribution is 5.93. The van der Waals surface area contributed by atoms with Crippen molar-refractivity contribution in [2.75, 3.05) is 18.0 Å². The Hall–Kier alpha value is -3.26. The molecule has 1 aliphatic rings. The summed E-state index contributed by atoms with van der Waals surface area (Å²) in [6, 6.07) is 18.0. The molecule has 1 saturated heterocycles. The average molecular weight is 430 g/mol. The van der Waals surface area contributed by atoms with Crippen LogP contribution in [0.25, 0.3) is 10.9 Å². The highest BCUT2D eigenvalue weighted by Crippen LogP contribution is 2.29. The van der Waals surface area contributed by atoms with E-state index >= 15 is 0 Å². The predicted octanol–water partition coefficient (Wildman–Crippen LogP) is 5.19. The number of fused-ring (bicyclic) bond motifs is 1. The first-order valence-electron chi connectivity index (χ1n) is 11.6. The van der Waals surface area contributed by atoms with Crippen molar-refractivity contribution >= 4 is 16.6 Å². The second-order valence-corrected chi connectivity index (χ2v) is 8.68. The summed E-state index contributed by atoms with van der Waals surface area (Å²) in [6.45, 7) is 3.86. The normalized spacial score (nSPS) is 14.5. The molecule has 2 aromatic carbocycles. The lowest BCUT2D eigenvalue weighted by Crippen LogP contribution is -2.39. The van der Waals surface area contributed by atoms with Gasteiger partial charge in [-0.3, -0.25) is 4.79 Å². The molecular weight excluding hydrogens is 398 g/mol. The molecule has 5 heteroatoms. The van der Waals surface area contributed by atoms with Crippen molar-refractivity contribution in [2.24, 2.45) is 7.05 Å². The van der Waals surface area contributed by atoms with E-state index in [1.165, 1.54) is 24.8 Å². The molecular formula is C27H31N3O2. The van der Waals surface area contributed by atoms with E-state index in [1.54, 1.807) is 23.7 Å². The molecule has 0 aliphatic carbocycles. The second kappa shape index (κ2) is 9.91. The lowest BCUT2D eigenvalue weighted by molar-refractivity contribution is 0.171. The predicted molar refractivity (Wildman–Crippen MR) is 129 cm³/mol. The first-order chi connectivity index (χ1) is 15.6. The number of aryl methyl sites for hydroxylation is 2. The summed E-state index contributed by atoms with van der Waals surface area (Å²) in [6.07, 6.45) is 6.85. The van der Waals surface area contributed by atoms with Gasteiger partial charge < -0.3 is 14.2 Å². The number of hydrogen-bond acceptors (Lipinski definition) is 4. The first-order valence-corrected chi connectivity index (χ1v) is 11.6. The highest BCUT2D eigenvalue weighted by atomic mass is 16.5. The number of anilines is 1. The third-order valence-electron chi connectivity index (χ3n) is 6.43. The highest BCUT2D eigenvalue weighted by Gasteiger charge is 2.23. The summed E-state index contributed by atoms with van der Waals surface area (Å²) >= 11 is 0. The average Bonchev–Trinajstić information content (AvgIpc) is 2.83. The molecule has 0 bridgehead atoms. The summed E-state index contributed by atoms with van der Waals surface area (Å²) in [7, 11) is 1.77. The third-order valence-corrected chi connectivity index (χ3v) is 6.43. The molecule has 0 N–H and O–H groups in total. The fourth-order valence-corrected chi connectivity index (χ4v) is 4.50. The Kier molecular flexibility index (Phi) is 6.80. The molecule has 2 heterocycles. The van der Waals surface area contributed by atoms with Crippen LogP contribution in [-0.4, -0.2) is 23.8 Å². The minimum absolute atomic E-state index is 0.0328. The van der Waals surface area contributed by atoms with E-state index in [9.17, 15) is 10.1 Å². The summed E-state index contributed by atoms with van der Waals surface area (Å²) in [5.74, 6) is 0.931. The molecule has 1 fully saturated rings. The van der Waals surface area contributed by atoms with Gasteiger partial charge >= 0.3 is 0 Å². The zero-order valence-corrected chi connectivity index (χ0v) is 19.0. The maximum Gasteiger partial charge on any atom is 0.252 e. The van der Waals surface area contributed by atoms with Crippen LogP contribution in [0.5, 0.6) is 5.75 Å². The summed E-state index contributed by atoms with van der Waals surface area (Å²) in [4.78, 5) is 14.8. The maximum atomic E-state index is 12.5. The molecule has 0 saturated carbocycles. The molecule has 0 radical (unpaired) electrons. The molecule has 5 nitrogen and oxygen atoms in total. The van der Waals surface area contributed by atoms with Gasteiger partial charge in [-0.15, -0.1) is 0 Å². The molecule has 1 aliphatic heterocycles. The van der Waals surface area contributed by atoms with Crippen molar-refractivity contribution in [1.82, 2.24) is 4.57 Å². The van der Waals surface area contributed by atoms with Crippen LogP contribution in [0.2, 0.25) is 0 Å². The van der Waals surface area contributed by atoms with E-state index in [0.717, 1.165) is 54.7 Å². The van der Waals surface area contributed by atoms with E-state index < -0.39 is 0 Å². The Bertz CT molecular complexity index is 1170. The molecule has 32 heavy (non-hydrogen) atoms. The van der Waals surface area contributed by atoms with Crippen molar-refractivity contribution in [1.29, 1.82) is 5.26 Å². The maximum absolute atomic E-state index is 12.5. The Balaban J connectivity index is 1.43. The summed E-state index contributed by atoms with van der Waals surface area (Å²) in [5.41, 5.74) is 3.71. The van der Waals surface area contributed by atoms with Crippen molar-refractivity contribution in [2.45, 2.75) is 51.6 Å². The topological polar surface area (TPSA) is 58.3 Å². The smallest absolute Gasteiger partial charge is 0.252 e. The first kappa shape index (κ1) is 22.0. The number of benzene rings is 2. The van der Waals surface area contributed by atoms with Crippen molar-refractivity contribution in [3.63, 3.8) is 0 Å². The van der Waals surface area contributed by atoms with Crippen LogP contribution in [0, 0.1) is 11.3 Å². The molecule has 0 amide bonds. The van der Waals surface area contributed by atoms with Crippen LogP contribution in [0.1, 0.15) is 50.2 Å². The van der Waals surface area contributed by atoms with Crippen LogP contribution in [0.15, 0.2) is 53.3 Å². The number of nitrogens with zero attached hydrogens (tertiary/aromatic N) is 3. The fourth-order valence-electron chi connectivity index (χ4n) is 4.50. The van der Waals surface area contributed by atoms with E-state index in [0.29, 0.717) is 5.56 Å². The lowest BCUT2D eigenvalue weighted by Gasteiger charge is -2.34. The molecule has 0 spiro atoms.